The Bertz CT molecular complexity index is 1200. The van der Waals surface area contributed by atoms with Crippen LogP contribution >= 0.6 is 0 Å². The molecule has 0 fully saturated rings. The van der Waals surface area contributed by atoms with Gasteiger partial charge in [-0.3, -0.25) is 4.79 Å². The topological polar surface area (TPSA) is 69.3 Å². The van der Waals surface area contributed by atoms with Crippen molar-refractivity contribution in [2.45, 2.75) is 13.0 Å². The number of rotatable bonds is 10. The number of nitrogens with two attached hydrogens (primary N) is 1. The Balaban J connectivity index is 1.47. The number of ether oxygens (including phenoxy) is 1. The molecule has 5 heteroatoms. The number of nitrogens with zero attached hydrogens (tertiary/aromatic N) is 1. The van der Waals surface area contributed by atoms with E-state index in [2.05, 4.69) is 34.3 Å². The van der Waals surface area contributed by atoms with Crippen LogP contribution in [0.2, 0.25) is 0 Å². The summed E-state index contributed by atoms with van der Waals surface area (Å²) in [4.78, 5) is 13.1. The molecule has 0 aliphatic rings. The van der Waals surface area contributed by atoms with Gasteiger partial charge in [0.1, 0.15) is 0 Å². The molecule has 1 heterocycles. The van der Waals surface area contributed by atoms with E-state index in [-0.39, 0.29) is 12.2 Å². The number of carbonyl (C=O) groups is 1. The summed E-state index contributed by atoms with van der Waals surface area (Å²) in [7, 11) is 1.70. The van der Waals surface area contributed by atoms with Gasteiger partial charge >= 0.3 is 0 Å². The monoisotopic (exact) mass is 427 g/mol. The molecule has 3 N–H and O–H groups in total. The van der Waals surface area contributed by atoms with Crippen molar-refractivity contribution in [2.75, 3.05) is 32.5 Å². The molecule has 32 heavy (non-hydrogen) atoms. The van der Waals surface area contributed by atoms with Gasteiger partial charge < -0.3 is 20.4 Å². The van der Waals surface area contributed by atoms with Crippen molar-refractivity contribution in [2.24, 2.45) is 0 Å². The lowest BCUT2D eigenvalue weighted by Gasteiger charge is -2.10. The minimum Gasteiger partial charge on any atom is -0.398 e. The number of hydrogen-bond donors (Lipinski definition) is 2. The molecule has 0 atom stereocenters. The Hall–Kier alpha value is -3.41. The van der Waals surface area contributed by atoms with E-state index in [1.807, 2.05) is 54.6 Å². The molecule has 0 aliphatic carbocycles. The highest BCUT2D eigenvalue weighted by Crippen LogP contribution is 2.25. The summed E-state index contributed by atoms with van der Waals surface area (Å²) in [5.74, 6) is 0.0674. The van der Waals surface area contributed by atoms with Crippen LogP contribution in [0.15, 0.2) is 79.0 Å². The van der Waals surface area contributed by atoms with Crippen LogP contribution < -0.4 is 11.1 Å². The van der Waals surface area contributed by atoms with Gasteiger partial charge in [0, 0.05) is 61.5 Å². The zero-order chi connectivity index (χ0) is 22.3. The van der Waals surface area contributed by atoms with Crippen molar-refractivity contribution in [3.8, 4) is 11.1 Å². The molecule has 5 nitrogen and oxygen atoms in total. The second-order valence-electron chi connectivity index (χ2n) is 7.91. The Morgan fingerprint density at radius 2 is 1.81 bits per heavy atom. The zero-order valence-electron chi connectivity index (χ0n) is 18.4. The van der Waals surface area contributed by atoms with E-state index in [9.17, 15) is 4.79 Å². The molecule has 0 saturated carbocycles. The number of benzene rings is 3. The first-order valence-electron chi connectivity index (χ1n) is 10.9. The van der Waals surface area contributed by atoms with Gasteiger partial charge in [0.05, 0.1) is 6.61 Å². The first-order valence-corrected chi connectivity index (χ1v) is 10.9. The van der Waals surface area contributed by atoms with Crippen LogP contribution in [0.1, 0.15) is 15.9 Å². The van der Waals surface area contributed by atoms with Crippen molar-refractivity contribution < 1.29 is 9.53 Å². The van der Waals surface area contributed by atoms with Crippen LogP contribution in [0.4, 0.5) is 5.69 Å². The van der Waals surface area contributed by atoms with Crippen molar-refractivity contribution >= 4 is 22.4 Å². The third kappa shape index (κ3) is 5.07. The van der Waals surface area contributed by atoms with E-state index in [0.717, 1.165) is 47.2 Å². The van der Waals surface area contributed by atoms with Crippen LogP contribution in [-0.2, 0) is 17.7 Å². The predicted octanol–water partition coefficient (Wildman–Crippen LogP) is 4.55. The number of nitrogen functional groups attached to an aromatic ring is 1. The van der Waals surface area contributed by atoms with E-state index in [4.69, 9.17) is 10.5 Å². The molecular weight excluding hydrogens is 398 g/mol. The number of Topliss-reactive ketones (excluding diaryl/α,β-unsaturated/α-hetero) is 1. The van der Waals surface area contributed by atoms with Crippen molar-refractivity contribution in [1.82, 2.24) is 9.88 Å². The van der Waals surface area contributed by atoms with E-state index >= 15 is 0 Å². The fraction of sp³-hybridized carbons (Fsp3) is 0.222. The highest BCUT2D eigenvalue weighted by atomic mass is 16.5. The maximum atomic E-state index is 13.1. The smallest absolute Gasteiger partial charge is 0.167 e. The summed E-state index contributed by atoms with van der Waals surface area (Å²) >= 11 is 0. The number of anilines is 1. The van der Waals surface area contributed by atoms with Gasteiger partial charge in [0.25, 0.3) is 0 Å². The first kappa shape index (κ1) is 21.8. The Labute approximate surface area is 188 Å². The van der Waals surface area contributed by atoms with Gasteiger partial charge in [-0.25, -0.2) is 0 Å². The molecular formula is C27H29N3O2. The Morgan fingerprint density at radius 3 is 2.62 bits per heavy atom. The molecule has 4 aromatic rings. The minimum atomic E-state index is 0.0674. The number of hydrogen-bond acceptors (Lipinski definition) is 4. The molecule has 0 spiro atoms. The Kier molecular flexibility index (Phi) is 7.00. The zero-order valence-corrected chi connectivity index (χ0v) is 18.4. The third-order valence-corrected chi connectivity index (χ3v) is 5.71. The number of nitrogens with one attached hydrogen (secondary N) is 1. The summed E-state index contributed by atoms with van der Waals surface area (Å²) in [5, 5.41) is 4.42. The van der Waals surface area contributed by atoms with Crippen LogP contribution in [0.5, 0.6) is 0 Å². The molecule has 0 saturated heterocycles. The quantitative estimate of drug-likeness (QED) is 0.221. The number of ketones is 1. The van der Waals surface area contributed by atoms with Crippen LogP contribution in [0.25, 0.3) is 22.0 Å². The van der Waals surface area contributed by atoms with E-state index < -0.39 is 0 Å². The van der Waals surface area contributed by atoms with Gasteiger partial charge in [-0.05, 0) is 53.1 Å². The highest BCUT2D eigenvalue weighted by molar-refractivity contribution is 6.01. The first-order chi connectivity index (χ1) is 15.7. The molecule has 0 unspecified atom stereocenters. The van der Waals surface area contributed by atoms with Gasteiger partial charge in [-0.2, -0.15) is 0 Å². The van der Waals surface area contributed by atoms with E-state index in [1.165, 1.54) is 0 Å². The summed E-state index contributed by atoms with van der Waals surface area (Å²) in [6.45, 7) is 3.27. The average Bonchev–Trinajstić information content (AvgIpc) is 3.23. The van der Waals surface area contributed by atoms with Gasteiger partial charge in [-0.15, -0.1) is 0 Å². The van der Waals surface area contributed by atoms with Crippen molar-refractivity contribution in [1.29, 1.82) is 0 Å². The summed E-state index contributed by atoms with van der Waals surface area (Å²) < 4.78 is 7.25. The molecule has 0 amide bonds. The second-order valence-corrected chi connectivity index (χ2v) is 7.91. The molecule has 164 valence electrons. The summed E-state index contributed by atoms with van der Waals surface area (Å²) in [6.07, 6.45) is 2.35. The number of methoxy groups -OCH3 is 1. The number of carbonyl (C=O) groups excluding carboxylic acids is 1. The molecule has 4 rings (SSSR count). The predicted molar refractivity (Wildman–Crippen MR) is 131 cm³/mol. The normalized spacial score (nSPS) is 11.2. The van der Waals surface area contributed by atoms with Crippen LogP contribution in [-0.4, -0.2) is 37.2 Å². The van der Waals surface area contributed by atoms with Gasteiger partial charge in [-0.1, -0.05) is 36.4 Å². The molecule has 0 radical (unpaired) electrons. The number of aromatic nitrogens is 1. The summed E-state index contributed by atoms with van der Waals surface area (Å²) in [5.41, 5.74) is 11.7. The van der Waals surface area contributed by atoms with Crippen molar-refractivity contribution in [3.63, 3.8) is 0 Å². The standard InChI is InChI=1S/C27H29N3O2/c1-32-16-13-29-12-15-30-14-11-22-18-23(8-10-26(22)30)27(31)19-24-17-21(7-9-25(24)28)20-5-3-2-4-6-20/h2-11,14,17-18,29H,12-13,15-16,19,28H2,1H3. The fourth-order valence-electron chi connectivity index (χ4n) is 3.91. The van der Waals surface area contributed by atoms with Gasteiger partial charge in [0.2, 0.25) is 0 Å². The molecule has 0 bridgehead atoms. The fourth-order valence-corrected chi connectivity index (χ4v) is 3.91. The maximum Gasteiger partial charge on any atom is 0.167 e. The highest BCUT2D eigenvalue weighted by Gasteiger charge is 2.12. The van der Waals surface area contributed by atoms with E-state index in [1.54, 1.807) is 7.11 Å². The van der Waals surface area contributed by atoms with Crippen LogP contribution in [0.3, 0.4) is 0 Å². The lowest BCUT2D eigenvalue weighted by molar-refractivity contribution is 0.0993. The van der Waals surface area contributed by atoms with Crippen LogP contribution in [0, 0.1) is 0 Å². The number of fused-ring (bicyclic) bond motifs is 1. The third-order valence-electron chi connectivity index (χ3n) is 5.71. The van der Waals surface area contributed by atoms with E-state index in [0.29, 0.717) is 17.9 Å². The van der Waals surface area contributed by atoms with Crippen molar-refractivity contribution in [3.05, 3.63) is 90.1 Å². The summed E-state index contributed by atoms with van der Waals surface area (Å²) in [6, 6.07) is 24.0. The molecule has 3 aromatic carbocycles. The maximum absolute atomic E-state index is 13.1. The minimum absolute atomic E-state index is 0.0674. The molecule has 1 aromatic heterocycles. The lowest BCUT2D eigenvalue weighted by Crippen LogP contribution is -2.23. The largest absolute Gasteiger partial charge is 0.398 e. The average molecular weight is 428 g/mol. The second kappa shape index (κ2) is 10.3. The molecule has 0 aliphatic heterocycles. The Morgan fingerprint density at radius 1 is 0.969 bits per heavy atom. The SMILES string of the molecule is COCCNCCn1ccc2cc(C(=O)Cc3cc(-c4ccccc4)ccc3N)ccc21. The van der Waals surface area contributed by atoms with Gasteiger partial charge in [0.15, 0.2) is 5.78 Å². The lowest BCUT2D eigenvalue weighted by atomic mass is 9.97.